The molecule has 18 heavy (non-hydrogen) atoms. The Bertz CT molecular complexity index is 431. The van der Waals surface area contributed by atoms with Crippen LogP contribution < -0.4 is 5.32 Å². The van der Waals surface area contributed by atoms with E-state index in [-0.39, 0.29) is 0 Å². The summed E-state index contributed by atoms with van der Waals surface area (Å²) in [6.07, 6.45) is 3.52. The molecule has 1 aromatic rings. The molecule has 1 aliphatic heterocycles. The lowest BCUT2D eigenvalue weighted by atomic mass is 9.82. The van der Waals surface area contributed by atoms with Gasteiger partial charge in [0.25, 0.3) is 0 Å². The third kappa shape index (κ3) is 2.02. The van der Waals surface area contributed by atoms with Gasteiger partial charge < -0.3 is 10.4 Å². The van der Waals surface area contributed by atoms with Crippen LogP contribution in [0.15, 0.2) is 18.2 Å². The van der Waals surface area contributed by atoms with E-state index in [9.17, 15) is 5.11 Å². The minimum atomic E-state index is 0.397. The van der Waals surface area contributed by atoms with E-state index < -0.39 is 0 Å². The highest BCUT2D eigenvalue weighted by Gasteiger charge is 2.35. The summed E-state index contributed by atoms with van der Waals surface area (Å²) in [5, 5.41) is 13.3. The number of hydrogen-bond acceptors (Lipinski definition) is 3. The first-order valence-corrected chi connectivity index (χ1v) is 7.09. The lowest BCUT2D eigenvalue weighted by Gasteiger charge is -2.45. The van der Waals surface area contributed by atoms with Gasteiger partial charge in [0.05, 0.1) is 0 Å². The number of benzene rings is 1. The highest BCUT2D eigenvalue weighted by molar-refractivity contribution is 5.39. The van der Waals surface area contributed by atoms with Crippen molar-refractivity contribution in [1.82, 2.24) is 10.2 Å². The third-order valence-corrected chi connectivity index (χ3v) is 4.30. The molecular formula is C15H22N2O. The van der Waals surface area contributed by atoms with Gasteiger partial charge in [0.2, 0.25) is 0 Å². The van der Waals surface area contributed by atoms with Crippen molar-refractivity contribution in [3.8, 4) is 5.75 Å². The first kappa shape index (κ1) is 12.0. The lowest BCUT2D eigenvalue weighted by Crippen LogP contribution is -2.54. The smallest absolute Gasteiger partial charge is 0.115 e. The maximum Gasteiger partial charge on any atom is 0.115 e. The highest BCUT2D eigenvalue weighted by atomic mass is 16.3. The van der Waals surface area contributed by atoms with Crippen LogP contribution in [0, 0.1) is 0 Å². The van der Waals surface area contributed by atoms with Gasteiger partial charge >= 0.3 is 0 Å². The van der Waals surface area contributed by atoms with E-state index in [1.54, 1.807) is 0 Å². The molecule has 1 aromatic carbocycles. The molecule has 2 N–H and O–H groups in total. The first-order valence-electron chi connectivity index (χ1n) is 7.09. The van der Waals surface area contributed by atoms with Crippen molar-refractivity contribution in [2.45, 2.75) is 38.3 Å². The van der Waals surface area contributed by atoms with Gasteiger partial charge in [-0.1, -0.05) is 13.0 Å². The molecule has 2 aliphatic rings. The monoisotopic (exact) mass is 246 g/mol. The van der Waals surface area contributed by atoms with Crippen LogP contribution in [0.3, 0.4) is 0 Å². The fourth-order valence-corrected chi connectivity index (χ4v) is 3.52. The van der Waals surface area contributed by atoms with Gasteiger partial charge in [-0.05, 0) is 49.1 Å². The Balaban J connectivity index is 1.89. The summed E-state index contributed by atoms with van der Waals surface area (Å²) in [5.41, 5.74) is 2.71. The largest absolute Gasteiger partial charge is 0.508 e. The van der Waals surface area contributed by atoms with Crippen LogP contribution in [0.1, 0.15) is 36.9 Å². The summed E-state index contributed by atoms with van der Waals surface area (Å²) in [6.45, 7) is 5.70. The molecule has 3 nitrogen and oxygen atoms in total. The number of piperazine rings is 1. The minimum Gasteiger partial charge on any atom is -0.508 e. The molecular weight excluding hydrogens is 224 g/mol. The Kier molecular flexibility index (Phi) is 3.27. The zero-order valence-corrected chi connectivity index (χ0v) is 11.0. The van der Waals surface area contributed by atoms with Crippen molar-refractivity contribution in [2.24, 2.45) is 0 Å². The molecule has 3 rings (SSSR count). The van der Waals surface area contributed by atoms with Crippen LogP contribution in [0.2, 0.25) is 0 Å². The number of aromatic hydroxyl groups is 1. The molecule has 1 heterocycles. The number of aryl methyl sites for hydroxylation is 1. The number of phenolic OH excluding ortho intramolecular Hbond substituents is 1. The summed E-state index contributed by atoms with van der Waals surface area (Å²) in [7, 11) is 0. The van der Waals surface area contributed by atoms with E-state index in [1.807, 2.05) is 12.1 Å². The Morgan fingerprint density at radius 2 is 2.33 bits per heavy atom. The van der Waals surface area contributed by atoms with E-state index in [1.165, 1.54) is 37.1 Å². The van der Waals surface area contributed by atoms with Gasteiger partial charge in [0.1, 0.15) is 5.75 Å². The van der Waals surface area contributed by atoms with Crippen molar-refractivity contribution in [1.29, 1.82) is 0 Å². The van der Waals surface area contributed by atoms with Gasteiger partial charge in [-0.3, -0.25) is 4.90 Å². The van der Waals surface area contributed by atoms with E-state index in [2.05, 4.69) is 23.2 Å². The zero-order chi connectivity index (χ0) is 12.5. The van der Waals surface area contributed by atoms with E-state index >= 15 is 0 Å². The average Bonchev–Trinajstić information content (AvgIpc) is 2.38. The molecule has 98 valence electrons. The van der Waals surface area contributed by atoms with E-state index in [0.717, 1.165) is 13.0 Å². The summed E-state index contributed by atoms with van der Waals surface area (Å²) in [4.78, 5) is 2.64. The van der Waals surface area contributed by atoms with Gasteiger partial charge in [0, 0.05) is 25.2 Å². The summed E-state index contributed by atoms with van der Waals surface area (Å²) in [5.74, 6) is 0.397. The average molecular weight is 246 g/mol. The number of rotatable bonds is 2. The Morgan fingerprint density at radius 3 is 3.17 bits per heavy atom. The summed E-state index contributed by atoms with van der Waals surface area (Å²) >= 11 is 0. The fourth-order valence-electron chi connectivity index (χ4n) is 3.52. The molecule has 1 fully saturated rings. The SMILES string of the molecule is CCCN1CCN[C@H]2c3ccc(O)cc3CC[C@@H]21. The van der Waals surface area contributed by atoms with E-state index in [0.29, 0.717) is 17.8 Å². The molecule has 0 bridgehead atoms. The van der Waals surface area contributed by atoms with Crippen molar-refractivity contribution in [2.75, 3.05) is 19.6 Å². The number of hydrogen-bond donors (Lipinski definition) is 2. The maximum absolute atomic E-state index is 9.59. The first-order chi connectivity index (χ1) is 8.79. The quantitative estimate of drug-likeness (QED) is 0.838. The minimum absolute atomic E-state index is 0.397. The molecule has 0 unspecified atom stereocenters. The number of nitrogens with zero attached hydrogens (tertiary/aromatic N) is 1. The Hall–Kier alpha value is -1.06. The third-order valence-electron chi connectivity index (χ3n) is 4.30. The second kappa shape index (κ2) is 4.90. The predicted octanol–water partition coefficient (Wildman–Crippen LogP) is 2.06. The molecule has 2 atom stereocenters. The van der Waals surface area contributed by atoms with Crippen molar-refractivity contribution in [3.05, 3.63) is 29.3 Å². The van der Waals surface area contributed by atoms with Crippen LogP contribution in [0.4, 0.5) is 0 Å². The van der Waals surface area contributed by atoms with Crippen LogP contribution in [-0.4, -0.2) is 35.7 Å². The molecule has 0 spiro atoms. The van der Waals surface area contributed by atoms with Gasteiger partial charge in [0.15, 0.2) is 0 Å². The molecule has 3 heteroatoms. The standard InChI is InChI=1S/C15H22N2O/c1-2-8-17-9-7-16-15-13-5-4-12(18)10-11(13)3-6-14(15)17/h4-5,10,14-16,18H,2-3,6-9H2,1H3/t14-,15-/m0/s1. The second-order valence-electron chi connectivity index (χ2n) is 5.46. The molecule has 1 saturated heterocycles. The van der Waals surface area contributed by atoms with Gasteiger partial charge in [-0.15, -0.1) is 0 Å². The normalized spacial score (nSPS) is 27.6. The Labute approximate surface area is 109 Å². The van der Waals surface area contributed by atoms with Gasteiger partial charge in [-0.25, -0.2) is 0 Å². The highest BCUT2D eigenvalue weighted by Crippen LogP contribution is 2.36. The predicted molar refractivity (Wildman–Crippen MR) is 72.8 cm³/mol. The van der Waals surface area contributed by atoms with Crippen molar-refractivity contribution in [3.63, 3.8) is 0 Å². The molecule has 0 radical (unpaired) electrons. The van der Waals surface area contributed by atoms with Crippen molar-refractivity contribution >= 4 is 0 Å². The second-order valence-corrected chi connectivity index (χ2v) is 5.46. The number of fused-ring (bicyclic) bond motifs is 3. The van der Waals surface area contributed by atoms with Crippen LogP contribution >= 0.6 is 0 Å². The maximum atomic E-state index is 9.59. The zero-order valence-electron chi connectivity index (χ0n) is 11.0. The fraction of sp³-hybridized carbons (Fsp3) is 0.600. The van der Waals surface area contributed by atoms with E-state index in [4.69, 9.17) is 0 Å². The van der Waals surface area contributed by atoms with Crippen LogP contribution in [0.5, 0.6) is 5.75 Å². The molecule has 1 aliphatic carbocycles. The summed E-state index contributed by atoms with van der Waals surface area (Å²) in [6, 6.07) is 6.95. The lowest BCUT2D eigenvalue weighted by molar-refractivity contribution is 0.105. The molecule has 0 amide bonds. The number of phenols is 1. The van der Waals surface area contributed by atoms with Gasteiger partial charge in [-0.2, -0.15) is 0 Å². The van der Waals surface area contributed by atoms with Crippen LogP contribution in [0.25, 0.3) is 0 Å². The molecule has 0 saturated carbocycles. The van der Waals surface area contributed by atoms with Crippen molar-refractivity contribution < 1.29 is 5.11 Å². The number of nitrogens with one attached hydrogen (secondary N) is 1. The van der Waals surface area contributed by atoms with Crippen LogP contribution in [-0.2, 0) is 6.42 Å². The Morgan fingerprint density at radius 1 is 1.44 bits per heavy atom. The summed E-state index contributed by atoms with van der Waals surface area (Å²) < 4.78 is 0. The topological polar surface area (TPSA) is 35.5 Å². The molecule has 0 aromatic heterocycles.